The monoisotopic (exact) mass is 485 g/mol. The predicted octanol–water partition coefficient (Wildman–Crippen LogP) is 4.49. The molecule has 2 aromatic heterocycles. The maximum atomic E-state index is 14.3. The van der Waals surface area contributed by atoms with Gasteiger partial charge in [0.25, 0.3) is 0 Å². The van der Waals surface area contributed by atoms with Gasteiger partial charge in [0.05, 0.1) is 24.0 Å². The van der Waals surface area contributed by atoms with Gasteiger partial charge in [-0.2, -0.15) is 13.2 Å². The van der Waals surface area contributed by atoms with Crippen LogP contribution in [0.3, 0.4) is 0 Å². The molecule has 1 fully saturated rings. The van der Waals surface area contributed by atoms with Gasteiger partial charge in [0.15, 0.2) is 17.3 Å². The molecule has 1 unspecified atom stereocenters. The standard InChI is InChI=1S/C21H23F4N5O2S/c1-13-18(32-12-26-13)19-27-28-20(29(19)2)33-9-3-6-30-7-8-31-17(11-30)15-5-4-14(10-16(15)22)21(23,24)25/h4-5,10,12,17H,3,6-9,11H2,1-2H3. The van der Waals surface area contributed by atoms with Crippen molar-refractivity contribution in [3.8, 4) is 11.6 Å². The van der Waals surface area contributed by atoms with Crippen molar-refractivity contribution in [1.29, 1.82) is 0 Å². The van der Waals surface area contributed by atoms with Crippen LogP contribution in [0.5, 0.6) is 0 Å². The molecule has 0 bridgehead atoms. The van der Waals surface area contributed by atoms with Crippen molar-refractivity contribution in [1.82, 2.24) is 24.6 Å². The normalized spacial score (nSPS) is 17.6. The molecule has 12 heteroatoms. The van der Waals surface area contributed by atoms with Gasteiger partial charge in [0, 0.05) is 31.5 Å². The van der Waals surface area contributed by atoms with Crippen LogP contribution in [-0.2, 0) is 18.0 Å². The Hall–Kier alpha value is -2.44. The molecule has 1 atom stereocenters. The Morgan fingerprint density at radius 1 is 1.24 bits per heavy atom. The summed E-state index contributed by atoms with van der Waals surface area (Å²) in [7, 11) is 1.87. The summed E-state index contributed by atoms with van der Waals surface area (Å²) in [6.45, 7) is 4.09. The van der Waals surface area contributed by atoms with E-state index in [4.69, 9.17) is 9.15 Å². The fourth-order valence-corrected chi connectivity index (χ4v) is 4.50. The Labute approximate surface area is 192 Å². The van der Waals surface area contributed by atoms with E-state index in [0.717, 1.165) is 35.6 Å². The second-order valence-corrected chi connectivity index (χ2v) is 8.79. The summed E-state index contributed by atoms with van der Waals surface area (Å²) < 4.78 is 65.6. The van der Waals surface area contributed by atoms with Crippen molar-refractivity contribution >= 4 is 11.8 Å². The van der Waals surface area contributed by atoms with Gasteiger partial charge in [-0.1, -0.05) is 17.8 Å². The van der Waals surface area contributed by atoms with Gasteiger partial charge in [0.1, 0.15) is 5.82 Å². The fourth-order valence-electron chi connectivity index (χ4n) is 3.66. The molecule has 1 aliphatic heterocycles. The average molecular weight is 486 g/mol. The number of hydrogen-bond donors (Lipinski definition) is 0. The maximum absolute atomic E-state index is 14.3. The van der Waals surface area contributed by atoms with Crippen LogP contribution in [-0.4, -0.2) is 56.6 Å². The van der Waals surface area contributed by atoms with Crippen LogP contribution in [0.1, 0.15) is 29.3 Å². The largest absolute Gasteiger partial charge is 0.440 e. The third-order valence-electron chi connectivity index (χ3n) is 5.46. The summed E-state index contributed by atoms with van der Waals surface area (Å²) in [5.74, 6) is 1.10. The van der Waals surface area contributed by atoms with Crippen molar-refractivity contribution in [2.24, 2.45) is 7.05 Å². The Morgan fingerprint density at radius 2 is 2.06 bits per heavy atom. The molecule has 0 radical (unpaired) electrons. The molecule has 33 heavy (non-hydrogen) atoms. The summed E-state index contributed by atoms with van der Waals surface area (Å²) in [6.07, 6.45) is -2.96. The minimum Gasteiger partial charge on any atom is -0.440 e. The van der Waals surface area contributed by atoms with E-state index in [1.165, 1.54) is 12.5 Å². The lowest BCUT2D eigenvalue weighted by Crippen LogP contribution is -2.39. The summed E-state index contributed by atoms with van der Waals surface area (Å²) in [5.41, 5.74) is -0.108. The topological polar surface area (TPSA) is 69.2 Å². The molecule has 7 nitrogen and oxygen atoms in total. The number of thioether (sulfide) groups is 1. The molecule has 1 aromatic carbocycles. The Balaban J connectivity index is 1.29. The highest BCUT2D eigenvalue weighted by molar-refractivity contribution is 7.99. The van der Waals surface area contributed by atoms with Crippen LogP contribution in [0, 0.1) is 12.7 Å². The highest BCUT2D eigenvalue weighted by atomic mass is 32.2. The van der Waals surface area contributed by atoms with Gasteiger partial charge in [-0.3, -0.25) is 4.90 Å². The molecule has 0 spiro atoms. The zero-order valence-corrected chi connectivity index (χ0v) is 18.9. The number of halogens is 4. The Bertz CT molecular complexity index is 1100. The number of aromatic nitrogens is 4. The number of ether oxygens (including phenoxy) is 1. The number of morpholine rings is 1. The Morgan fingerprint density at radius 3 is 2.76 bits per heavy atom. The lowest BCUT2D eigenvalue weighted by molar-refractivity contribution is -0.137. The molecule has 4 rings (SSSR count). The van der Waals surface area contributed by atoms with Crippen molar-refractivity contribution < 1.29 is 26.7 Å². The average Bonchev–Trinajstić information content (AvgIpc) is 3.35. The lowest BCUT2D eigenvalue weighted by Gasteiger charge is -2.33. The first kappa shape index (κ1) is 23.7. The molecule has 3 heterocycles. The van der Waals surface area contributed by atoms with Crippen LogP contribution in [0.4, 0.5) is 17.6 Å². The second kappa shape index (κ2) is 9.82. The molecule has 1 aliphatic rings. The van der Waals surface area contributed by atoms with E-state index in [9.17, 15) is 17.6 Å². The molecular formula is C21H23F4N5O2S. The first-order chi connectivity index (χ1) is 15.7. The van der Waals surface area contributed by atoms with E-state index in [-0.39, 0.29) is 5.56 Å². The fraction of sp³-hybridized carbons (Fsp3) is 0.476. The van der Waals surface area contributed by atoms with E-state index in [0.29, 0.717) is 37.3 Å². The molecule has 0 saturated carbocycles. The summed E-state index contributed by atoms with van der Waals surface area (Å²) in [5, 5.41) is 9.16. The van der Waals surface area contributed by atoms with Crippen LogP contribution < -0.4 is 0 Å². The Kier molecular flexibility index (Phi) is 7.05. The predicted molar refractivity (Wildman–Crippen MR) is 113 cm³/mol. The lowest BCUT2D eigenvalue weighted by atomic mass is 10.0. The molecule has 0 amide bonds. The van der Waals surface area contributed by atoms with Crippen molar-refractivity contribution in [2.45, 2.75) is 30.8 Å². The zero-order valence-electron chi connectivity index (χ0n) is 18.1. The number of rotatable bonds is 7. The van der Waals surface area contributed by atoms with Gasteiger partial charge in [-0.25, -0.2) is 9.37 Å². The molecular weight excluding hydrogens is 462 g/mol. The van der Waals surface area contributed by atoms with Crippen LogP contribution in [0.15, 0.2) is 34.2 Å². The molecule has 1 saturated heterocycles. The number of nitrogens with zero attached hydrogens (tertiary/aromatic N) is 5. The number of hydrogen-bond acceptors (Lipinski definition) is 7. The van der Waals surface area contributed by atoms with Crippen molar-refractivity contribution in [3.63, 3.8) is 0 Å². The van der Waals surface area contributed by atoms with Gasteiger partial charge < -0.3 is 13.7 Å². The first-order valence-electron chi connectivity index (χ1n) is 10.4. The number of alkyl halides is 3. The highest BCUT2D eigenvalue weighted by Crippen LogP contribution is 2.33. The van der Waals surface area contributed by atoms with Crippen molar-refractivity contribution in [2.75, 3.05) is 32.0 Å². The third-order valence-corrected chi connectivity index (χ3v) is 6.57. The van der Waals surface area contributed by atoms with E-state index in [1.54, 1.807) is 11.8 Å². The van der Waals surface area contributed by atoms with E-state index < -0.39 is 23.7 Å². The van der Waals surface area contributed by atoms with Crippen molar-refractivity contribution in [3.05, 3.63) is 47.2 Å². The second-order valence-electron chi connectivity index (χ2n) is 7.73. The number of oxazole rings is 1. The van der Waals surface area contributed by atoms with Crippen LogP contribution >= 0.6 is 11.8 Å². The smallest absolute Gasteiger partial charge is 0.416 e. The first-order valence-corrected chi connectivity index (χ1v) is 11.4. The van der Waals surface area contributed by atoms with E-state index in [1.807, 2.05) is 18.5 Å². The molecule has 3 aromatic rings. The molecule has 0 N–H and O–H groups in total. The quantitative estimate of drug-likeness (QED) is 0.277. The third kappa shape index (κ3) is 5.39. The van der Waals surface area contributed by atoms with Gasteiger partial charge in [0.2, 0.25) is 5.82 Å². The number of aryl methyl sites for hydroxylation is 1. The number of benzene rings is 1. The van der Waals surface area contributed by atoms with Crippen LogP contribution in [0.2, 0.25) is 0 Å². The highest BCUT2D eigenvalue weighted by Gasteiger charge is 2.32. The summed E-state index contributed by atoms with van der Waals surface area (Å²) >= 11 is 1.57. The van der Waals surface area contributed by atoms with Gasteiger partial charge in [-0.15, -0.1) is 10.2 Å². The summed E-state index contributed by atoms with van der Waals surface area (Å²) in [4.78, 5) is 6.21. The maximum Gasteiger partial charge on any atom is 0.416 e. The molecule has 0 aliphatic carbocycles. The van der Waals surface area contributed by atoms with Crippen LogP contribution in [0.25, 0.3) is 11.6 Å². The summed E-state index contributed by atoms with van der Waals surface area (Å²) in [6, 6.07) is 2.60. The van der Waals surface area contributed by atoms with Gasteiger partial charge in [-0.05, 0) is 32.0 Å². The molecule has 178 valence electrons. The minimum atomic E-state index is -4.58. The zero-order chi connectivity index (χ0) is 23.6. The van der Waals surface area contributed by atoms with Gasteiger partial charge >= 0.3 is 6.18 Å². The van der Waals surface area contributed by atoms with E-state index >= 15 is 0 Å². The SMILES string of the molecule is Cc1ncoc1-c1nnc(SCCCN2CCOC(c3ccc(C(F)(F)F)cc3F)C2)n1C. The van der Waals surface area contributed by atoms with E-state index in [2.05, 4.69) is 20.1 Å². The minimum absolute atomic E-state index is 0.149.